The van der Waals surface area contributed by atoms with Crippen LogP contribution in [-0.2, 0) is 0 Å². The summed E-state index contributed by atoms with van der Waals surface area (Å²) in [7, 11) is 4.43. The summed E-state index contributed by atoms with van der Waals surface area (Å²) in [6, 6.07) is 4.99. The number of nitrogens with zero attached hydrogens (tertiary/aromatic N) is 1. The van der Waals surface area contributed by atoms with Gasteiger partial charge in [0.2, 0.25) is 5.75 Å². The molecule has 0 aliphatic heterocycles. The minimum Gasteiger partial charge on any atom is -0.496 e. The summed E-state index contributed by atoms with van der Waals surface area (Å²) in [5.74, 6) is 1.59. The molecule has 1 heterocycles. The maximum absolute atomic E-state index is 11.6. The molecule has 2 aromatic rings. The third-order valence-corrected chi connectivity index (χ3v) is 2.52. The minimum absolute atomic E-state index is 0.00529. The van der Waals surface area contributed by atoms with E-state index in [0.29, 0.717) is 17.2 Å². The van der Waals surface area contributed by atoms with Gasteiger partial charge in [-0.05, 0) is 0 Å². The second-order valence-electron chi connectivity index (χ2n) is 3.72. The normalized spacial score (nSPS) is 9.95. The van der Waals surface area contributed by atoms with Gasteiger partial charge in [0, 0.05) is 18.2 Å². The molecule has 1 N–H and O–H groups in total. The fraction of sp³-hybridized carbons (Fsp3) is 0.231. The van der Waals surface area contributed by atoms with Gasteiger partial charge in [-0.25, -0.2) is 4.98 Å². The lowest BCUT2D eigenvalue weighted by Crippen LogP contribution is -2.10. The maximum Gasteiger partial charge on any atom is 0.297 e. The van der Waals surface area contributed by atoms with Gasteiger partial charge < -0.3 is 23.9 Å². The van der Waals surface area contributed by atoms with Crippen LogP contribution >= 0.6 is 0 Å². The standard InChI is InChI=1S/C13H14N2O5/c1-17-8-4-9(18-2)6-10(5-8)20-13-11(19-3)12(16)14-7-15-13/h4-7H,1-3H3,(H,14,15,16). The number of rotatable bonds is 5. The number of methoxy groups -OCH3 is 3. The summed E-state index contributed by atoms with van der Waals surface area (Å²) in [6.07, 6.45) is 1.23. The first-order chi connectivity index (χ1) is 9.67. The minimum atomic E-state index is -0.424. The second kappa shape index (κ2) is 5.96. The number of ether oxygens (including phenoxy) is 4. The molecule has 0 amide bonds. The summed E-state index contributed by atoms with van der Waals surface area (Å²) in [6.45, 7) is 0. The van der Waals surface area contributed by atoms with Crippen molar-refractivity contribution < 1.29 is 18.9 Å². The fourth-order valence-electron chi connectivity index (χ4n) is 1.58. The topological polar surface area (TPSA) is 82.7 Å². The van der Waals surface area contributed by atoms with Gasteiger partial charge in [0.05, 0.1) is 27.7 Å². The third-order valence-electron chi connectivity index (χ3n) is 2.52. The number of hydrogen-bond acceptors (Lipinski definition) is 6. The lowest BCUT2D eigenvalue weighted by molar-refractivity contribution is 0.356. The monoisotopic (exact) mass is 278 g/mol. The molecule has 0 fully saturated rings. The van der Waals surface area contributed by atoms with Crippen molar-refractivity contribution in [1.82, 2.24) is 9.97 Å². The molecular weight excluding hydrogens is 264 g/mol. The molecule has 0 unspecified atom stereocenters. The van der Waals surface area contributed by atoms with Crippen LogP contribution in [-0.4, -0.2) is 31.3 Å². The van der Waals surface area contributed by atoms with Gasteiger partial charge in [-0.15, -0.1) is 0 Å². The first-order valence-corrected chi connectivity index (χ1v) is 5.70. The van der Waals surface area contributed by atoms with E-state index >= 15 is 0 Å². The lowest BCUT2D eigenvalue weighted by atomic mass is 10.3. The van der Waals surface area contributed by atoms with Gasteiger partial charge in [-0.2, -0.15) is 0 Å². The molecule has 2 rings (SSSR count). The Morgan fingerprint density at radius 1 is 0.950 bits per heavy atom. The van der Waals surface area contributed by atoms with Gasteiger partial charge in [0.1, 0.15) is 17.2 Å². The van der Waals surface area contributed by atoms with E-state index in [-0.39, 0.29) is 11.6 Å². The molecule has 7 nitrogen and oxygen atoms in total. The molecule has 0 spiro atoms. The summed E-state index contributed by atoms with van der Waals surface area (Å²) in [5.41, 5.74) is -0.424. The molecule has 0 aliphatic rings. The Balaban J connectivity index is 2.39. The van der Waals surface area contributed by atoms with Crippen LogP contribution in [0.1, 0.15) is 0 Å². The van der Waals surface area contributed by atoms with E-state index < -0.39 is 5.56 Å². The smallest absolute Gasteiger partial charge is 0.297 e. The van der Waals surface area contributed by atoms with Gasteiger partial charge in [0.15, 0.2) is 0 Å². The van der Waals surface area contributed by atoms with Crippen LogP contribution in [0.4, 0.5) is 0 Å². The number of hydrogen-bond donors (Lipinski definition) is 1. The first-order valence-electron chi connectivity index (χ1n) is 5.70. The van der Waals surface area contributed by atoms with Crippen molar-refractivity contribution in [3.05, 3.63) is 34.9 Å². The summed E-state index contributed by atoms with van der Waals surface area (Å²) in [4.78, 5) is 17.9. The van der Waals surface area contributed by atoms with E-state index in [1.165, 1.54) is 27.7 Å². The largest absolute Gasteiger partial charge is 0.496 e. The van der Waals surface area contributed by atoms with Gasteiger partial charge in [-0.3, -0.25) is 4.79 Å². The van der Waals surface area contributed by atoms with Crippen LogP contribution in [0.3, 0.4) is 0 Å². The molecule has 1 aromatic carbocycles. The van der Waals surface area contributed by atoms with Crippen molar-refractivity contribution in [3.63, 3.8) is 0 Å². The first kappa shape index (κ1) is 13.7. The third kappa shape index (κ3) is 2.82. The summed E-state index contributed by atoms with van der Waals surface area (Å²) >= 11 is 0. The van der Waals surface area contributed by atoms with Crippen molar-refractivity contribution in [1.29, 1.82) is 0 Å². The Kier molecular flexibility index (Phi) is 4.09. The van der Waals surface area contributed by atoms with Crippen LogP contribution in [0.25, 0.3) is 0 Å². The van der Waals surface area contributed by atoms with E-state index in [1.54, 1.807) is 18.2 Å². The van der Waals surface area contributed by atoms with Crippen LogP contribution in [0.5, 0.6) is 28.9 Å². The second-order valence-corrected chi connectivity index (χ2v) is 3.72. The van der Waals surface area contributed by atoms with Crippen molar-refractivity contribution in [2.75, 3.05) is 21.3 Å². The molecule has 1 aromatic heterocycles. The highest BCUT2D eigenvalue weighted by atomic mass is 16.5. The molecular formula is C13H14N2O5. The number of nitrogens with one attached hydrogen (secondary N) is 1. The quantitative estimate of drug-likeness (QED) is 0.894. The molecule has 7 heteroatoms. The number of H-pyrrole nitrogens is 1. The van der Waals surface area contributed by atoms with Crippen LogP contribution in [0.2, 0.25) is 0 Å². The zero-order valence-corrected chi connectivity index (χ0v) is 11.3. The van der Waals surface area contributed by atoms with Crippen molar-refractivity contribution in [2.24, 2.45) is 0 Å². The zero-order valence-electron chi connectivity index (χ0n) is 11.3. The predicted octanol–water partition coefficient (Wildman–Crippen LogP) is 1.59. The molecule has 0 radical (unpaired) electrons. The predicted molar refractivity (Wildman–Crippen MR) is 71.0 cm³/mol. The van der Waals surface area contributed by atoms with Crippen molar-refractivity contribution >= 4 is 0 Å². The average Bonchev–Trinajstić information content (AvgIpc) is 2.47. The lowest BCUT2D eigenvalue weighted by Gasteiger charge is -2.10. The van der Waals surface area contributed by atoms with E-state index in [2.05, 4.69) is 9.97 Å². The Labute approximate surface area is 115 Å². The highest BCUT2D eigenvalue weighted by Gasteiger charge is 2.12. The molecule has 0 atom stereocenters. The number of benzene rings is 1. The Morgan fingerprint density at radius 3 is 2.10 bits per heavy atom. The van der Waals surface area contributed by atoms with E-state index in [0.717, 1.165) is 0 Å². The molecule has 0 saturated carbocycles. The van der Waals surface area contributed by atoms with Gasteiger partial charge in [0.25, 0.3) is 11.4 Å². The average molecular weight is 278 g/mol. The maximum atomic E-state index is 11.6. The summed E-state index contributed by atoms with van der Waals surface area (Å²) < 4.78 is 20.8. The molecule has 0 aliphatic carbocycles. The Morgan fingerprint density at radius 2 is 1.55 bits per heavy atom. The van der Waals surface area contributed by atoms with E-state index in [4.69, 9.17) is 18.9 Å². The van der Waals surface area contributed by atoms with E-state index in [1.807, 2.05) is 0 Å². The van der Waals surface area contributed by atoms with Gasteiger partial charge in [-0.1, -0.05) is 0 Å². The van der Waals surface area contributed by atoms with Crippen LogP contribution in [0.15, 0.2) is 29.3 Å². The highest BCUT2D eigenvalue weighted by molar-refractivity contribution is 5.44. The SMILES string of the molecule is COc1cc(OC)cc(Oc2nc[nH]c(=O)c2OC)c1. The summed E-state index contributed by atoms with van der Waals surface area (Å²) in [5, 5.41) is 0. The van der Waals surface area contributed by atoms with Crippen LogP contribution < -0.4 is 24.5 Å². The number of aromatic nitrogens is 2. The Hall–Kier alpha value is -2.70. The Bertz CT molecular complexity index is 631. The van der Waals surface area contributed by atoms with Gasteiger partial charge >= 0.3 is 0 Å². The molecule has 106 valence electrons. The fourth-order valence-corrected chi connectivity index (χ4v) is 1.58. The van der Waals surface area contributed by atoms with E-state index in [9.17, 15) is 4.79 Å². The van der Waals surface area contributed by atoms with Crippen molar-refractivity contribution in [2.45, 2.75) is 0 Å². The molecule has 20 heavy (non-hydrogen) atoms. The van der Waals surface area contributed by atoms with Crippen molar-refractivity contribution in [3.8, 4) is 28.9 Å². The van der Waals surface area contributed by atoms with Crippen LogP contribution in [0, 0.1) is 0 Å². The number of aromatic amines is 1. The highest BCUT2D eigenvalue weighted by Crippen LogP contribution is 2.32. The molecule has 0 saturated heterocycles. The molecule has 0 bridgehead atoms. The zero-order chi connectivity index (χ0) is 14.5.